The van der Waals surface area contributed by atoms with Crippen LogP contribution in [0.25, 0.3) is 10.2 Å². The van der Waals surface area contributed by atoms with E-state index >= 15 is 0 Å². The summed E-state index contributed by atoms with van der Waals surface area (Å²) in [5, 5.41) is 5.04. The lowest BCUT2D eigenvalue weighted by Crippen LogP contribution is -2.39. The van der Waals surface area contributed by atoms with Crippen molar-refractivity contribution in [2.75, 3.05) is 5.32 Å². The molecule has 17 heavy (non-hydrogen) atoms. The number of carbonyl (C=O) groups excluding carboxylic acids is 1. The van der Waals surface area contributed by atoms with Crippen LogP contribution in [0.3, 0.4) is 0 Å². The molecule has 0 aliphatic rings. The normalized spacial score (nSPS) is 12.9. The third kappa shape index (κ3) is 2.36. The van der Waals surface area contributed by atoms with E-state index in [1.807, 2.05) is 25.3 Å². The third-order valence-corrected chi connectivity index (χ3v) is 3.42. The van der Waals surface area contributed by atoms with Crippen LogP contribution in [0.5, 0.6) is 0 Å². The zero-order chi connectivity index (χ0) is 12.4. The minimum atomic E-state index is -0.421. The molecule has 90 valence electrons. The van der Waals surface area contributed by atoms with Crippen LogP contribution in [0.4, 0.5) is 5.82 Å². The van der Waals surface area contributed by atoms with Crippen LogP contribution in [-0.2, 0) is 4.79 Å². The van der Waals surface area contributed by atoms with Crippen molar-refractivity contribution in [1.82, 2.24) is 9.97 Å². The van der Waals surface area contributed by atoms with E-state index in [4.69, 9.17) is 5.73 Å². The topological polar surface area (TPSA) is 80.9 Å². The molecule has 0 aromatic carbocycles. The Kier molecular flexibility index (Phi) is 3.23. The Morgan fingerprint density at radius 3 is 2.88 bits per heavy atom. The maximum Gasteiger partial charge on any atom is 0.240 e. The van der Waals surface area contributed by atoms with Crippen molar-refractivity contribution >= 4 is 33.3 Å². The van der Waals surface area contributed by atoms with Gasteiger partial charge in [-0.15, -0.1) is 11.3 Å². The van der Waals surface area contributed by atoms with Crippen molar-refractivity contribution in [3.8, 4) is 0 Å². The Morgan fingerprint density at radius 1 is 1.47 bits per heavy atom. The lowest BCUT2D eigenvalue weighted by atomic mass is 10.0. The van der Waals surface area contributed by atoms with Crippen molar-refractivity contribution in [3.63, 3.8) is 0 Å². The molecule has 1 amide bonds. The molecule has 1 atom stereocenters. The summed E-state index contributed by atoms with van der Waals surface area (Å²) in [6.45, 7) is 3.88. The first-order valence-electron chi connectivity index (χ1n) is 5.33. The van der Waals surface area contributed by atoms with E-state index in [1.165, 1.54) is 17.7 Å². The fraction of sp³-hybridized carbons (Fsp3) is 0.364. The second kappa shape index (κ2) is 4.67. The zero-order valence-electron chi connectivity index (χ0n) is 9.68. The Hall–Kier alpha value is -1.69. The van der Waals surface area contributed by atoms with Crippen molar-refractivity contribution in [2.45, 2.75) is 19.9 Å². The van der Waals surface area contributed by atoms with Gasteiger partial charge < -0.3 is 11.1 Å². The van der Waals surface area contributed by atoms with Gasteiger partial charge in [0.15, 0.2) is 0 Å². The number of nitrogens with two attached hydrogens (primary N) is 1. The molecule has 2 rings (SSSR count). The Labute approximate surface area is 103 Å². The number of aromatic nitrogens is 2. The molecule has 2 aromatic rings. The van der Waals surface area contributed by atoms with Crippen molar-refractivity contribution in [2.24, 2.45) is 11.7 Å². The fourth-order valence-corrected chi connectivity index (χ4v) is 2.40. The summed E-state index contributed by atoms with van der Waals surface area (Å²) in [5.41, 5.74) is 6.24. The highest BCUT2D eigenvalue weighted by Gasteiger charge is 2.20. The number of rotatable bonds is 4. The van der Waals surface area contributed by atoms with Crippen LogP contribution in [-0.4, -0.2) is 21.9 Å². The number of anilines is 1. The molecule has 0 fully saturated rings. The zero-order valence-corrected chi connectivity index (χ0v) is 10.5. The van der Waals surface area contributed by atoms with Crippen LogP contribution in [0, 0.1) is 5.92 Å². The van der Waals surface area contributed by atoms with Gasteiger partial charge in [0.05, 0.1) is 10.2 Å². The van der Waals surface area contributed by atoms with Crippen molar-refractivity contribution < 1.29 is 4.79 Å². The molecule has 0 saturated carbocycles. The lowest BCUT2D eigenvalue weighted by molar-refractivity contribution is -0.119. The summed E-state index contributed by atoms with van der Waals surface area (Å²) < 4.78 is 0.944. The summed E-state index contributed by atoms with van der Waals surface area (Å²) in [6.07, 6.45) is 1.48. The molecule has 0 bridgehead atoms. The molecule has 6 heteroatoms. The van der Waals surface area contributed by atoms with Crippen LogP contribution in [0.1, 0.15) is 13.8 Å². The van der Waals surface area contributed by atoms with Crippen LogP contribution in [0.2, 0.25) is 0 Å². The molecule has 2 heterocycles. The number of primary amides is 1. The van der Waals surface area contributed by atoms with Gasteiger partial charge in [-0.1, -0.05) is 13.8 Å². The van der Waals surface area contributed by atoms with Gasteiger partial charge in [-0.2, -0.15) is 0 Å². The maximum atomic E-state index is 11.3. The second-order valence-corrected chi connectivity index (χ2v) is 5.04. The van der Waals surface area contributed by atoms with Crippen molar-refractivity contribution in [1.29, 1.82) is 0 Å². The molecule has 0 spiro atoms. The predicted octanol–water partition coefficient (Wildman–Crippen LogP) is 1.61. The van der Waals surface area contributed by atoms with Gasteiger partial charge in [0.1, 0.15) is 18.2 Å². The monoisotopic (exact) mass is 250 g/mol. The minimum absolute atomic E-state index is 0.109. The van der Waals surface area contributed by atoms with E-state index < -0.39 is 6.04 Å². The number of hydrogen-bond acceptors (Lipinski definition) is 5. The van der Waals surface area contributed by atoms with Crippen molar-refractivity contribution in [3.05, 3.63) is 17.8 Å². The summed E-state index contributed by atoms with van der Waals surface area (Å²) in [6, 6.07) is 1.50. The fourth-order valence-electron chi connectivity index (χ4n) is 1.61. The largest absolute Gasteiger partial charge is 0.368 e. The molecule has 0 aliphatic carbocycles. The quantitative estimate of drug-likeness (QED) is 0.864. The molecule has 5 nitrogen and oxygen atoms in total. The molecule has 0 radical (unpaired) electrons. The van der Waals surface area contributed by atoms with E-state index in [0.717, 1.165) is 10.2 Å². The van der Waals surface area contributed by atoms with Crippen LogP contribution >= 0.6 is 11.3 Å². The SMILES string of the molecule is CC(C)C(Nc1ncnc2ccsc12)C(N)=O. The van der Waals surface area contributed by atoms with Crippen LogP contribution in [0.15, 0.2) is 17.8 Å². The predicted molar refractivity (Wildman–Crippen MR) is 68.9 cm³/mol. The third-order valence-electron chi connectivity index (χ3n) is 2.51. The number of carbonyl (C=O) groups is 1. The number of thiophene rings is 1. The number of nitrogens with one attached hydrogen (secondary N) is 1. The summed E-state index contributed by atoms with van der Waals surface area (Å²) in [5.74, 6) is 0.406. The minimum Gasteiger partial charge on any atom is -0.368 e. The Morgan fingerprint density at radius 2 is 2.24 bits per heavy atom. The second-order valence-electron chi connectivity index (χ2n) is 4.13. The molecule has 1 unspecified atom stereocenters. The summed E-state index contributed by atoms with van der Waals surface area (Å²) in [4.78, 5) is 19.6. The van der Waals surface area contributed by atoms with Gasteiger partial charge in [0.2, 0.25) is 5.91 Å². The Balaban J connectivity index is 2.34. The molecule has 0 saturated heterocycles. The number of hydrogen-bond donors (Lipinski definition) is 2. The van der Waals surface area contributed by atoms with E-state index in [0.29, 0.717) is 5.82 Å². The number of fused-ring (bicyclic) bond motifs is 1. The number of nitrogens with zero attached hydrogens (tertiary/aromatic N) is 2. The first kappa shape index (κ1) is 11.8. The van der Waals surface area contributed by atoms with Gasteiger partial charge in [-0.3, -0.25) is 4.79 Å². The smallest absolute Gasteiger partial charge is 0.240 e. The average molecular weight is 250 g/mol. The highest BCUT2D eigenvalue weighted by Crippen LogP contribution is 2.25. The first-order chi connectivity index (χ1) is 8.09. The van der Waals surface area contributed by atoms with E-state index in [1.54, 1.807) is 0 Å². The van der Waals surface area contributed by atoms with E-state index in [2.05, 4.69) is 15.3 Å². The Bertz CT molecular complexity index is 537. The van der Waals surface area contributed by atoms with Gasteiger partial charge >= 0.3 is 0 Å². The molecular formula is C11H14N4OS. The molecule has 0 aliphatic heterocycles. The molecule has 2 aromatic heterocycles. The maximum absolute atomic E-state index is 11.3. The van der Waals surface area contributed by atoms with Gasteiger partial charge in [-0.25, -0.2) is 9.97 Å². The van der Waals surface area contributed by atoms with E-state index in [9.17, 15) is 4.79 Å². The van der Waals surface area contributed by atoms with Crippen LogP contribution < -0.4 is 11.1 Å². The highest BCUT2D eigenvalue weighted by atomic mass is 32.1. The molecule has 3 N–H and O–H groups in total. The number of amides is 1. The first-order valence-corrected chi connectivity index (χ1v) is 6.21. The average Bonchev–Trinajstić information content (AvgIpc) is 2.73. The van der Waals surface area contributed by atoms with Gasteiger partial charge in [0, 0.05) is 0 Å². The molecular weight excluding hydrogens is 236 g/mol. The summed E-state index contributed by atoms with van der Waals surface area (Å²) >= 11 is 1.54. The summed E-state index contributed by atoms with van der Waals surface area (Å²) in [7, 11) is 0. The lowest BCUT2D eigenvalue weighted by Gasteiger charge is -2.19. The standard InChI is InChI=1S/C11H14N4OS/c1-6(2)8(10(12)16)15-11-9-7(3-4-17-9)13-5-14-11/h3-6,8H,1-2H3,(H2,12,16)(H,13,14,15). The highest BCUT2D eigenvalue weighted by molar-refractivity contribution is 7.17. The van der Waals surface area contributed by atoms with E-state index in [-0.39, 0.29) is 11.8 Å². The van der Waals surface area contributed by atoms with Gasteiger partial charge in [-0.05, 0) is 17.4 Å². The van der Waals surface area contributed by atoms with Gasteiger partial charge in [0.25, 0.3) is 0 Å².